The molecule has 0 aromatic heterocycles. The van der Waals surface area contributed by atoms with E-state index in [1.54, 1.807) is 19.1 Å². The fourth-order valence-electron chi connectivity index (χ4n) is 1.69. The molecule has 20 heavy (non-hydrogen) atoms. The van der Waals surface area contributed by atoms with E-state index in [0.717, 1.165) is 11.6 Å². The molecule has 1 aromatic carbocycles. The smallest absolute Gasteiger partial charge is 0.334 e. The average molecular weight is 293 g/mol. The molecule has 0 atom stereocenters. The maximum Gasteiger partial charge on any atom is 0.334 e. The molecule has 0 unspecified atom stereocenters. The average Bonchev–Trinajstić information content (AvgIpc) is 2.68. The number of esters is 1. The molecule has 0 radical (unpaired) electrons. The number of allylic oxidation sites excluding steroid dienone is 1. The van der Waals surface area contributed by atoms with E-state index in [4.69, 9.17) is 21.1 Å². The lowest BCUT2D eigenvalue weighted by atomic mass is 10.1. The van der Waals surface area contributed by atoms with Crippen LogP contribution in [0.1, 0.15) is 18.1 Å². The number of ether oxygens (including phenoxy) is 2. The second-order valence-corrected chi connectivity index (χ2v) is 4.58. The second kappa shape index (κ2) is 5.92. The summed E-state index contributed by atoms with van der Waals surface area (Å²) in [5, 5.41) is -0.0376. The second-order valence-electron chi connectivity index (χ2n) is 4.20. The Hall–Kier alpha value is -2.07. The fourth-order valence-corrected chi connectivity index (χ4v) is 1.93. The van der Waals surface area contributed by atoms with Crippen LogP contribution >= 0.6 is 11.6 Å². The Morgan fingerprint density at radius 2 is 2.00 bits per heavy atom. The van der Waals surface area contributed by atoms with E-state index in [1.165, 1.54) is 0 Å². The lowest BCUT2D eigenvalue weighted by Crippen LogP contribution is -2.04. The highest BCUT2D eigenvalue weighted by molar-refractivity contribution is 6.49. The molecule has 0 N–H and O–H groups in total. The van der Waals surface area contributed by atoms with E-state index in [-0.39, 0.29) is 23.2 Å². The first kappa shape index (κ1) is 14.3. The van der Waals surface area contributed by atoms with E-state index in [1.807, 2.05) is 19.1 Å². The fraction of sp³-hybridized carbons (Fsp3) is 0.200. The third-order valence-corrected chi connectivity index (χ3v) is 3.03. The maximum atomic E-state index is 11.9. The molecule has 0 aliphatic carbocycles. The zero-order valence-electron chi connectivity index (χ0n) is 11.1. The summed E-state index contributed by atoms with van der Waals surface area (Å²) < 4.78 is 10.1. The van der Waals surface area contributed by atoms with Gasteiger partial charge in [-0.05, 0) is 13.8 Å². The highest BCUT2D eigenvalue weighted by Crippen LogP contribution is 2.34. The Morgan fingerprint density at radius 3 is 2.60 bits per heavy atom. The van der Waals surface area contributed by atoms with E-state index >= 15 is 0 Å². The monoisotopic (exact) mass is 292 g/mol. The van der Waals surface area contributed by atoms with Crippen LogP contribution in [0, 0.1) is 6.92 Å². The summed E-state index contributed by atoms with van der Waals surface area (Å²) >= 11 is 5.97. The minimum atomic E-state index is -0.634. The highest BCUT2D eigenvalue weighted by Gasteiger charge is 2.31. The number of benzene rings is 1. The van der Waals surface area contributed by atoms with Gasteiger partial charge in [-0.25, -0.2) is 4.79 Å². The molecule has 0 amide bonds. The van der Waals surface area contributed by atoms with E-state index in [9.17, 15) is 9.59 Å². The number of ketones is 1. The van der Waals surface area contributed by atoms with Crippen LogP contribution in [0.2, 0.25) is 0 Å². The number of halogens is 1. The highest BCUT2D eigenvalue weighted by atomic mass is 35.5. The predicted molar refractivity (Wildman–Crippen MR) is 74.8 cm³/mol. The first-order valence-electron chi connectivity index (χ1n) is 6.10. The van der Waals surface area contributed by atoms with Gasteiger partial charge in [-0.15, -0.1) is 0 Å². The number of hydrogen-bond donors (Lipinski definition) is 0. The van der Waals surface area contributed by atoms with Crippen LogP contribution in [0.25, 0.3) is 5.76 Å². The first-order valence-corrected chi connectivity index (χ1v) is 6.48. The van der Waals surface area contributed by atoms with E-state index < -0.39 is 11.8 Å². The third kappa shape index (κ3) is 2.91. The van der Waals surface area contributed by atoms with Gasteiger partial charge >= 0.3 is 5.97 Å². The van der Waals surface area contributed by atoms with Gasteiger partial charge in [0.15, 0.2) is 11.5 Å². The zero-order chi connectivity index (χ0) is 14.7. The van der Waals surface area contributed by atoms with E-state index in [0.29, 0.717) is 5.56 Å². The summed E-state index contributed by atoms with van der Waals surface area (Å²) in [6.45, 7) is 3.85. The molecule has 1 aliphatic rings. The summed E-state index contributed by atoms with van der Waals surface area (Å²) in [6.07, 6.45) is 1.01. The van der Waals surface area contributed by atoms with Crippen molar-refractivity contribution >= 4 is 29.1 Å². The number of Topliss-reactive ketones (excluding diaryl/α,β-unsaturated/α-hetero) is 1. The number of carbonyl (C=O) groups is 2. The molecule has 104 valence electrons. The molecule has 0 bridgehead atoms. The summed E-state index contributed by atoms with van der Waals surface area (Å²) in [5.41, 5.74) is 1.76. The first-order chi connectivity index (χ1) is 9.52. The van der Waals surface area contributed by atoms with Crippen molar-refractivity contribution in [1.82, 2.24) is 0 Å². The van der Waals surface area contributed by atoms with Gasteiger partial charge < -0.3 is 9.47 Å². The minimum Gasteiger partial charge on any atom is -0.463 e. The van der Waals surface area contributed by atoms with Crippen LogP contribution in [0.5, 0.6) is 0 Å². The Bertz CT molecular complexity index is 611. The molecule has 2 rings (SSSR count). The molecular weight excluding hydrogens is 280 g/mol. The van der Waals surface area contributed by atoms with Gasteiger partial charge in [-0.2, -0.15) is 0 Å². The van der Waals surface area contributed by atoms with Crippen molar-refractivity contribution < 1.29 is 19.1 Å². The van der Waals surface area contributed by atoms with Crippen molar-refractivity contribution in [2.75, 3.05) is 6.61 Å². The predicted octanol–water partition coefficient (Wildman–Crippen LogP) is 2.95. The van der Waals surface area contributed by atoms with Crippen LogP contribution < -0.4 is 0 Å². The lowest BCUT2D eigenvalue weighted by Gasteiger charge is -2.04. The van der Waals surface area contributed by atoms with Gasteiger partial charge in [0.2, 0.25) is 5.78 Å². The van der Waals surface area contributed by atoms with Gasteiger partial charge in [-0.1, -0.05) is 41.4 Å². The van der Waals surface area contributed by atoms with Gasteiger partial charge in [-0.3, -0.25) is 4.79 Å². The van der Waals surface area contributed by atoms with Gasteiger partial charge in [0.25, 0.3) is 0 Å². The quantitative estimate of drug-likeness (QED) is 0.635. The SMILES string of the molecule is CCOC(=O)/C=C1\OC(c2ccc(C)cc2)=C(Cl)C1=O. The van der Waals surface area contributed by atoms with E-state index in [2.05, 4.69) is 0 Å². The van der Waals surface area contributed by atoms with Gasteiger partial charge in [0, 0.05) is 5.56 Å². The number of rotatable bonds is 3. The molecule has 1 aromatic rings. The zero-order valence-corrected chi connectivity index (χ0v) is 11.9. The molecular formula is C15H13ClO4. The van der Waals surface area contributed by atoms with Crippen molar-refractivity contribution in [3.05, 3.63) is 52.3 Å². The summed E-state index contributed by atoms with van der Waals surface area (Å²) in [7, 11) is 0. The summed E-state index contributed by atoms with van der Waals surface area (Å²) in [6, 6.07) is 7.36. The molecule has 0 spiro atoms. The Labute approximate surface area is 121 Å². The van der Waals surface area contributed by atoms with Crippen LogP contribution in [0.15, 0.2) is 41.1 Å². The molecule has 5 heteroatoms. The summed E-state index contributed by atoms with van der Waals surface area (Å²) in [4.78, 5) is 23.3. The standard InChI is InChI=1S/C15H13ClO4/c1-3-19-12(17)8-11-14(18)13(16)15(20-11)10-6-4-9(2)5-7-10/h4-8H,3H2,1-2H3/b11-8-. The molecule has 0 fully saturated rings. The van der Waals surface area contributed by atoms with Crippen LogP contribution in [0.3, 0.4) is 0 Å². The number of hydrogen-bond acceptors (Lipinski definition) is 4. The molecule has 0 saturated carbocycles. The number of aryl methyl sites for hydroxylation is 1. The Kier molecular flexibility index (Phi) is 4.25. The lowest BCUT2D eigenvalue weighted by molar-refractivity contribution is -0.137. The maximum absolute atomic E-state index is 11.9. The number of carbonyl (C=O) groups excluding carboxylic acids is 2. The molecule has 0 saturated heterocycles. The normalized spacial score (nSPS) is 16.6. The molecule has 1 aliphatic heterocycles. The topological polar surface area (TPSA) is 52.6 Å². The van der Waals surface area contributed by atoms with Crippen LogP contribution in [-0.4, -0.2) is 18.4 Å². The minimum absolute atomic E-state index is 0.0376. The third-order valence-electron chi connectivity index (χ3n) is 2.68. The van der Waals surface area contributed by atoms with Crippen molar-refractivity contribution in [2.24, 2.45) is 0 Å². The van der Waals surface area contributed by atoms with Crippen LogP contribution in [0.4, 0.5) is 0 Å². The Balaban J connectivity index is 2.27. The largest absolute Gasteiger partial charge is 0.463 e. The molecule has 1 heterocycles. The van der Waals surface area contributed by atoms with Gasteiger partial charge in [0.1, 0.15) is 5.03 Å². The van der Waals surface area contributed by atoms with Crippen molar-refractivity contribution in [3.63, 3.8) is 0 Å². The molecule has 4 nitrogen and oxygen atoms in total. The van der Waals surface area contributed by atoms with Gasteiger partial charge in [0.05, 0.1) is 12.7 Å². The Morgan fingerprint density at radius 1 is 1.35 bits per heavy atom. The van der Waals surface area contributed by atoms with Crippen molar-refractivity contribution in [2.45, 2.75) is 13.8 Å². The van der Waals surface area contributed by atoms with Crippen LogP contribution in [-0.2, 0) is 19.1 Å². The van der Waals surface area contributed by atoms with Crippen molar-refractivity contribution in [3.8, 4) is 0 Å². The summed E-state index contributed by atoms with van der Waals surface area (Å²) in [5.74, 6) is -1.02. The van der Waals surface area contributed by atoms with Crippen molar-refractivity contribution in [1.29, 1.82) is 0 Å².